The highest BCUT2D eigenvalue weighted by Gasteiger charge is 2.52. The Morgan fingerprint density at radius 1 is 0.623 bits per heavy atom. The summed E-state index contributed by atoms with van der Waals surface area (Å²) in [5.41, 5.74) is 0. The van der Waals surface area contributed by atoms with Crippen molar-refractivity contribution in [3.63, 3.8) is 0 Å². The summed E-state index contributed by atoms with van der Waals surface area (Å²) in [6.07, 6.45) is 27.3. The van der Waals surface area contributed by atoms with Gasteiger partial charge in [-0.2, -0.15) is 0 Å². The highest BCUT2D eigenvalue weighted by molar-refractivity contribution is 7.46. The van der Waals surface area contributed by atoms with E-state index >= 15 is 0 Å². The number of esters is 3. The molecule has 1 saturated heterocycles. The predicted molar refractivity (Wildman–Crippen MR) is 270 cm³/mol. The summed E-state index contributed by atoms with van der Waals surface area (Å²) >= 11 is 0. The minimum Gasteiger partial charge on any atom is -0.469 e. The lowest BCUT2D eigenvalue weighted by Gasteiger charge is -2.44. The molecule has 16 heteroatoms. The van der Waals surface area contributed by atoms with Crippen molar-refractivity contribution in [1.29, 1.82) is 1.43 Å². The number of carbonyl (C=O) groups is 4. The molecule has 406 valence electrons. The van der Waals surface area contributed by atoms with Gasteiger partial charge >= 0.3 is 25.7 Å². The van der Waals surface area contributed by atoms with Crippen LogP contribution in [0.5, 0.6) is 0 Å². The zero-order chi connectivity index (χ0) is 51.7. The van der Waals surface area contributed by atoms with Crippen molar-refractivity contribution in [1.82, 2.24) is 5.32 Å². The van der Waals surface area contributed by atoms with Crippen molar-refractivity contribution in [2.45, 2.75) is 295 Å². The molecular formula is C53H100NO14P. The Labute approximate surface area is 419 Å². The molecule has 1 heterocycles. The van der Waals surface area contributed by atoms with E-state index in [0.29, 0.717) is 25.7 Å². The lowest BCUT2D eigenvalue weighted by molar-refractivity contribution is -0.258. The van der Waals surface area contributed by atoms with Crippen molar-refractivity contribution in [3.05, 3.63) is 0 Å². The van der Waals surface area contributed by atoms with Crippen LogP contribution in [0.25, 0.3) is 0 Å². The number of aliphatic hydroxyl groups excluding tert-OH is 2. The molecule has 0 saturated carbocycles. The lowest BCUT2D eigenvalue weighted by Crippen LogP contribution is -2.66. The number of phosphoric ester groups is 1. The van der Waals surface area contributed by atoms with Gasteiger partial charge in [0.2, 0.25) is 7.34 Å². The number of rotatable bonds is 47. The third-order valence-corrected chi connectivity index (χ3v) is 13.9. The van der Waals surface area contributed by atoms with E-state index in [1.54, 1.807) is 0 Å². The van der Waals surface area contributed by atoms with Gasteiger partial charge in [0.05, 0.1) is 38.4 Å². The van der Waals surface area contributed by atoms with E-state index in [9.17, 15) is 38.8 Å². The number of amides is 1. The van der Waals surface area contributed by atoms with Crippen molar-refractivity contribution in [3.8, 4) is 0 Å². The highest BCUT2D eigenvalue weighted by Crippen LogP contribution is 2.42. The van der Waals surface area contributed by atoms with Gasteiger partial charge in [0.1, 0.15) is 24.9 Å². The van der Waals surface area contributed by atoms with Crippen LogP contribution in [0.15, 0.2) is 0 Å². The van der Waals surface area contributed by atoms with Crippen LogP contribution < -0.4 is 5.32 Å². The van der Waals surface area contributed by atoms with Crippen LogP contribution in [-0.4, -0.2) is 95.7 Å². The highest BCUT2D eigenvalue weighted by atomic mass is 31.2. The van der Waals surface area contributed by atoms with Crippen molar-refractivity contribution < 1.29 is 67.2 Å². The number of aliphatic hydroxyl groups is 2. The van der Waals surface area contributed by atoms with Gasteiger partial charge in [-0.05, 0) is 19.3 Å². The van der Waals surface area contributed by atoms with E-state index < -0.39 is 80.9 Å². The number of hydrogen-bond donors (Lipinski definition) is 5. The standard InChI is InChI=1S/C53H100NO14P/c1-5-8-11-14-17-20-22-23-26-28-31-34-37-43(36-33-30-27-25-21-18-15-12-9-6-2)52(59)67-51-49(54-46(56)41-44(55)38-35-32-29-24-19-16-13-10-7-3)53(60)66-45(50(51)68-69(61,62)63)42-65-48(58)40-39-47(57)64-4/h43-45,49-51,53,55,60H,5-42H2,1-4H3,(H,54,56)(H2,61,62,63)/t43?,44-,45-,49-,50-,51-,53?/m1/s1/i/hD. The molecule has 0 aromatic rings. The number of nitrogens with one attached hydrogen (secondary N) is 1. The maximum Gasteiger partial charge on any atom is 0.470 e. The molecular weight excluding hydrogens is 906 g/mol. The molecule has 1 fully saturated rings. The van der Waals surface area contributed by atoms with E-state index in [-0.39, 0.29) is 19.3 Å². The first-order chi connectivity index (χ1) is 33.8. The molecule has 1 aliphatic heterocycles. The largest absolute Gasteiger partial charge is 0.470 e. The Hall–Kier alpha value is -2.13. The molecule has 0 aliphatic carbocycles. The third-order valence-electron chi connectivity index (χ3n) is 13.4. The molecule has 0 aromatic heterocycles. The second-order valence-electron chi connectivity index (χ2n) is 19.7. The van der Waals surface area contributed by atoms with Crippen LogP contribution in [0.1, 0.15) is 258 Å². The fraction of sp³-hybridized carbons (Fsp3) is 0.925. The third kappa shape index (κ3) is 34.8. The van der Waals surface area contributed by atoms with Crippen LogP contribution in [0, 0.1) is 5.92 Å². The van der Waals surface area contributed by atoms with Gasteiger partial charge in [-0.15, -0.1) is 0 Å². The summed E-state index contributed by atoms with van der Waals surface area (Å²) in [6, 6.07) is -1.58. The van der Waals surface area contributed by atoms with Gasteiger partial charge < -0.3 is 44.3 Å². The van der Waals surface area contributed by atoms with E-state index in [2.05, 4.69) is 35.7 Å². The summed E-state index contributed by atoms with van der Waals surface area (Å²) in [5, 5.41) is 24.9. The zero-order valence-electron chi connectivity index (χ0n) is 44.7. The molecule has 1 amide bonds. The predicted octanol–water partition coefficient (Wildman–Crippen LogP) is 11.8. The quantitative estimate of drug-likeness (QED) is 0.0166. The summed E-state index contributed by atoms with van der Waals surface area (Å²) in [4.78, 5) is 66.8. The molecule has 8 atom stereocenters. The summed E-state index contributed by atoms with van der Waals surface area (Å²) < 4.78 is 47.4. The minimum absolute atomic E-state index is 0.291. The molecule has 3 unspecified atom stereocenters. The van der Waals surface area contributed by atoms with Gasteiger partial charge in [-0.1, -0.05) is 220 Å². The van der Waals surface area contributed by atoms with Gasteiger partial charge in [0, 0.05) is 0 Å². The van der Waals surface area contributed by atoms with Crippen LogP contribution in [0.4, 0.5) is 0 Å². The Morgan fingerprint density at radius 3 is 1.45 bits per heavy atom. The molecule has 0 spiro atoms. The zero-order valence-corrected chi connectivity index (χ0v) is 44.6. The fourth-order valence-corrected chi connectivity index (χ4v) is 9.72. The maximum absolute atomic E-state index is 14.5. The second-order valence-corrected chi connectivity index (χ2v) is 20.8. The average Bonchev–Trinajstić information content (AvgIpc) is 3.34. The van der Waals surface area contributed by atoms with Crippen molar-refractivity contribution >= 4 is 31.6 Å². The summed E-state index contributed by atoms with van der Waals surface area (Å²) in [5.74, 6) is -3.48. The van der Waals surface area contributed by atoms with Gasteiger partial charge in [0.15, 0.2) is 12.4 Å². The van der Waals surface area contributed by atoms with Crippen LogP contribution in [0.2, 0.25) is 0 Å². The van der Waals surface area contributed by atoms with Crippen molar-refractivity contribution in [2.75, 3.05) is 13.7 Å². The first-order valence-corrected chi connectivity index (χ1v) is 29.2. The second kappa shape index (κ2) is 42.4. The Bertz CT molecular complexity index is 1380. The molecule has 69 heavy (non-hydrogen) atoms. The SMILES string of the molecule is [2H]OP(=O)(O)O[C@H]1[C@H](OC(=O)C(CCCCCCCCCCCC)CCCCCCCCCCCCCC)[C@@H](NC(=O)C[C@H](O)CCCCCCCCCCC)C(O)O[C@@H]1COC(=O)CCC(=O)OC. The number of phosphoric acid groups is 1. The number of hydrogen-bond acceptors (Lipinski definition) is 13. The van der Waals surface area contributed by atoms with Crippen molar-refractivity contribution in [2.24, 2.45) is 5.92 Å². The Balaban J connectivity index is 3.26. The number of ether oxygens (including phenoxy) is 4. The van der Waals surface area contributed by atoms with E-state index in [1.165, 1.54) is 129 Å². The molecule has 0 bridgehead atoms. The van der Waals surface area contributed by atoms with Crippen LogP contribution >= 0.6 is 7.82 Å². The first kappa shape index (κ1) is 63.0. The fourth-order valence-electron chi connectivity index (χ4n) is 9.15. The molecule has 0 radical (unpaired) electrons. The molecule has 0 aromatic carbocycles. The normalized spacial score (nSPS) is 20.1. The number of methoxy groups -OCH3 is 1. The average molecular weight is 1010 g/mol. The van der Waals surface area contributed by atoms with Crippen LogP contribution in [-0.2, 0) is 47.2 Å². The molecule has 1 rings (SSSR count). The maximum atomic E-state index is 14.5. The Morgan fingerprint density at radius 2 is 1.03 bits per heavy atom. The first-order valence-electron chi connectivity index (χ1n) is 28.1. The topological polar surface area (TPSA) is 224 Å². The van der Waals surface area contributed by atoms with Gasteiger partial charge in [-0.25, -0.2) is 4.57 Å². The molecule has 15 nitrogen and oxygen atoms in total. The van der Waals surface area contributed by atoms with E-state index in [0.717, 1.165) is 70.6 Å². The summed E-state index contributed by atoms with van der Waals surface area (Å²) in [7, 11) is -4.04. The smallest absolute Gasteiger partial charge is 0.469 e. The van der Waals surface area contributed by atoms with Gasteiger partial charge in [-0.3, -0.25) is 23.7 Å². The monoisotopic (exact) mass is 1010 g/mol. The molecule has 1 aliphatic rings. The van der Waals surface area contributed by atoms with Gasteiger partial charge in [0.25, 0.3) is 0 Å². The lowest BCUT2D eigenvalue weighted by atomic mass is 9.92. The number of carbonyl (C=O) groups excluding carboxylic acids is 4. The molecule has 5 N–H and O–H groups in total. The van der Waals surface area contributed by atoms with Crippen LogP contribution in [0.3, 0.4) is 0 Å². The minimum atomic E-state index is -5.22. The van der Waals surface area contributed by atoms with E-state index in [4.69, 9.17) is 20.2 Å². The summed E-state index contributed by atoms with van der Waals surface area (Å²) in [6.45, 7) is 5.92. The Kier molecular flexibility index (Phi) is 38.7. The number of unbranched alkanes of at least 4 members (excludes halogenated alkanes) is 28. The van der Waals surface area contributed by atoms with E-state index in [1.807, 2.05) is 0 Å².